The molecule has 0 radical (unpaired) electrons. The van der Waals surface area contributed by atoms with Crippen molar-refractivity contribution in [3.05, 3.63) is 41.2 Å². The fraction of sp³-hybridized carbons (Fsp3) is 0.750. The third-order valence-corrected chi connectivity index (χ3v) is 16.4. The Hall–Kier alpha value is -3.23. The monoisotopic (exact) mass is 729 g/mol. The normalized spacial score (nSPS) is 38.2. The summed E-state index contributed by atoms with van der Waals surface area (Å²) in [5, 5.41) is 16.4. The van der Waals surface area contributed by atoms with E-state index in [2.05, 4.69) is 64.1 Å². The number of urea groups is 1. The number of ketones is 1. The summed E-state index contributed by atoms with van der Waals surface area (Å²) in [5.41, 5.74) is 0.533. The molecule has 5 fully saturated rings. The van der Waals surface area contributed by atoms with Crippen LogP contribution in [0.15, 0.2) is 35.5 Å². The average Bonchev–Trinajstić information content (AvgIpc) is 3.78. The molecular formula is C44H63N3O6. The number of carbonyl (C=O) groups excluding carboxylic acids is 3. The van der Waals surface area contributed by atoms with E-state index in [1.165, 1.54) is 5.57 Å². The maximum absolute atomic E-state index is 14.1. The molecule has 3 unspecified atom stereocenters. The van der Waals surface area contributed by atoms with Gasteiger partial charge in [0.15, 0.2) is 5.78 Å². The first-order valence-corrected chi connectivity index (χ1v) is 20.4. The van der Waals surface area contributed by atoms with Crippen LogP contribution in [-0.4, -0.2) is 45.5 Å². The van der Waals surface area contributed by atoms with Crippen LogP contribution in [0, 0.1) is 50.7 Å². The van der Waals surface area contributed by atoms with Gasteiger partial charge in [0, 0.05) is 18.0 Å². The summed E-state index contributed by atoms with van der Waals surface area (Å²) in [6, 6.07) is 5.64. The average molecular weight is 730 g/mol. The molecule has 0 aromatic carbocycles. The quantitative estimate of drug-likeness (QED) is 0.228. The number of nitrogens with zero attached hydrogens (tertiary/aromatic N) is 1. The maximum Gasteiger partial charge on any atom is 0.316 e. The first-order valence-electron chi connectivity index (χ1n) is 20.4. The molecule has 7 rings (SSSR count). The van der Waals surface area contributed by atoms with Gasteiger partial charge < -0.3 is 20.5 Å². The first-order chi connectivity index (χ1) is 24.7. The lowest BCUT2D eigenvalue weighted by atomic mass is 9.33. The largest absolute Gasteiger partial charge is 0.481 e. The molecule has 9 heteroatoms. The number of pyridine rings is 1. The van der Waals surface area contributed by atoms with Crippen LogP contribution in [0.1, 0.15) is 145 Å². The van der Waals surface area contributed by atoms with Gasteiger partial charge in [-0.05, 0) is 141 Å². The number of hydrogen-bond donors (Lipinski definition) is 3. The Bertz CT molecular complexity index is 1730. The van der Waals surface area contributed by atoms with Crippen molar-refractivity contribution >= 4 is 23.8 Å². The summed E-state index contributed by atoms with van der Waals surface area (Å²) >= 11 is 0. The number of rotatable bonds is 8. The number of Topliss-reactive ketones (excluding diaryl/α,β-unsaturated/α-hetero) is 1. The lowest BCUT2D eigenvalue weighted by Gasteiger charge is -2.72. The smallest absolute Gasteiger partial charge is 0.316 e. The van der Waals surface area contributed by atoms with Crippen LogP contribution in [0.25, 0.3) is 0 Å². The topological polar surface area (TPSA) is 135 Å². The molecule has 0 bridgehead atoms. The third-order valence-electron chi connectivity index (χ3n) is 16.4. The second-order valence-electron chi connectivity index (χ2n) is 20.4. The highest BCUT2D eigenvalue weighted by molar-refractivity contribution is 6.02. The van der Waals surface area contributed by atoms with E-state index in [9.17, 15) is 24.3 Å². The van der Waals surface area contributed by atoms with Crippen molar-refractivity contribution in [1.82, 2.24) is 15.6 Å². The van der Waals surface area contributed by atoms with Crippen molar-refractivity contribution in [2.24, 2.45) is 50.7 Å². The summed E-state index contributed by atoms with van der Waals surface area (Å²) in [6.45, 7) is 19.5. The maximum atomic E-state index is 14.1. The van der Waals surface area contributed by atoms with Gasteiger partial charge in [-0.15, -0.1) is 0 Å². The lowest BCUT2D eigenvalue weighted by Crippen LogP contribution is -2.67. The minimum atomic E-state index is -1.17. The zero-order chi connectivity index (χ0) is 38.6. The molecule has 6 aliphatic rings. The van der Waals surface area contributed by atoms with E-state index < -0.39 is 28.4 Å². The van der Waals surface area contributed by atoms with E-state index in [0.29, 0.717) is 18.3 Å². The first kappa shape index (κ1) is 38.1. The Morgan fingerprint density at radius 2 is 1.57 bits per heavy atom. The number of amides is 2. The van der Waals surface area contributed by atoms with E-state index in [1.807, 2.05) is 18.2 Å². The molecule has 1 heterocycles. The molecule has 8 atom stereocenters. The Labute approximate surface area is 316 Å². The Balaban J connectivity index is 1.15. The number of aliphatic carboxylic acids is 1. The van der Waals surface area contributed by atoms with Gasteiger partial charge in [0.2, 0.25) is 0 Å². The number of allylic oxidation sites excluding steroid dienone is 1. The summed E-state index contributed by atoms with van der Waals surface area (Å²) < 4.78 is 6.16. The number of carboxylic acids is 1. The summed E-state index contributed by atoms with van der Waals surface area (Å²) in [4.78, 5) is 57.5. The molecule has 290 valence electrons. The highest BCUT2D eigenvalue weighted by atomic mass is 16.5. The summed E-state index contributed by atoms with van der Waals surface area (Å²) in [7, 11) is 0. The van der Waals surface area contributed by atoms with Crippen molar-refractivity contribution in [2.75, 3.05) is 0 Å². The van der Waals surface area contributed by atoms with Crippen molar-refractivity contribution in [3.63, 3.8) is 0 Å². The van der Waals surface area contributed by atoms with Gasteiger partial charge in [-0.1, -0.05) is 54.5 Å². The van der Waals surface area contributed by atoms with Gasteiger partial charge in [-0.25, -0.2) is 4.79 Å². The predicted octanol–water partition coefficient (Wildman–Crippen LogP) is 8.52. The van der Waals surface area contributed by atoms with Gasteiger partial charge in [0.05, 0.1) is 28.6 Å². The molecule has 6 aliphatic carbocycles. The molecule has 3 N–H and O–H groups in total. The number of nitrogens with one attached hydrogen (secondary N) is 2. The second kappa shape index (κ2) is 12.4. The number of aromatic nitrogens is 1. The Morgan fingerprint density at radius 1 is 0.887 bits per heavy atom. The fourth-order valence-electron chi connectivity index (χ4n) is 13.3. The molecule has 0 saturated heterocycles. The molecule has 1 aromatic heterocycles. The van der Waals surface area contributed by atoms with Gasteiger partial charge >= 0.3 is 18.0 Å². The van der Waals surface area contributed by atoms with E-state index in [1.54, 1.807) is 20.0 Å². The Morgan fingerprint density at radius 3 is 2.19 bits per heavy atom. The van der Waals surface area contributed by atoms with E-state index >= 15 is 0 Å². The van der Waals surface area contributed by atoms with Crippen molar-refractivity contribution in [1.29, 1.82) is 0 Å². The van der Waals surface area contributed by atoms with Crippen LogP contribution in [0.2, 0.25) is 0 Å². The Kier molecular flexibility index (Phi) is 8.90. The van der Waals surface area contributed by atoms with Crippen molar-refractivity contribution in [3.8, 4) is 0 Å². The number of carboxylic acid groups (broad SMARTS) is 1. The predicted molar refractivity (Wildman–Crippen MR) is 202 cm³/mol. The van der Waals surface area contributed by atoms with E-state index in [0.717, 1.165) is 75.5 Å². The number of carbonyl (C=O) groups is 4. The van der Waals surface area contributed by atoms with E-state index in [4.69, 9.17) is 4.74 Å². The van der Waals surface area contributed by atoms with Crippen LogP contribution in [0.5, 0.6) is 0 Å². The number of esters is 1. The van der Waals surface area contributed by atoms with Gasteiger partial charge in [0.25, 0.3) is 0 Å². The van der Waals surface area contributed by atoms with Crippen molar-refractivity contribution in [2.45, 2.75) is 157 Å². The molecule has 0 spiro atoms. The minimum Gasteiger partial charge on any atom is -0.481 e. The fourth-order valence-corrected chi connectivity index (χ4v) is 13.3. The molecule has 0 aliphatic heterocycles. The number of fused-ring (bicyclic) bond motifs is 7. The molecule has 5 saturated carbocycles. The standard InChI is InChI=1S/C44H63N3O6/c1-26(2)34-28(48)24-44(47-37(52)46-43(21-22-43)31-12-10-11-23-45-31)20-19-41(8)27(35(34)44)13-14-30-40(7)17-16-32(53-33(49)25-38(3,4)36(50)51)39(5,6)29(40)15-18-42(30,41)9/h10-12,23,26-27,29-30,32H,13-22,24-25H2,1-9H3,(H,50,51)(H2,46,47,52)/t27?,29?,30?,32-,40-,41+,42+,44+/m0/s1. The second-order valence-corrected chi connectivity index (χ2v) is 20.4. The minimum absolute atomic E-state index is 0.0263. The molecule has 2 amide bonds. The van der Waals surface area contributed by atoms with Crippen LogP contribution in [0.4, 0.5) is 4.79 Å². The summed E-state index contributed by atoms with van der Waals surface area (Å²) in [5.74, 6) is -0.129. The summed E-state index contributed by atoms with van der Waals surface area (Å²) in [6.07, 6.45) is 11.0. The molecule has 9 nitrogen and oxygen atoms in total. The van der Waals surface area contributed by atoms with Gasteiger partial charge in [-0.3, -0.25) is 19.4 Å². The SMILES string of the molecule is CC(C)C1=C2C3CCC4[C@@]5(C)CC[C@H](OC(=O)CC(C)(C)C(=O)O)C(C)(C)C5CC[C@@]4(C)[C@]3(C)CC[C@@]2(NC(=O)NC2(c3ccccn3)CC2)CC1=O. The molecule has 53 heavy (non-hydrogen) atoms. The molecule has 1 aromatic rings. The highest BCUT2D eigenvalue weighted by Crippen LogP contribution is 2.76. The zero-order valence-electron chi connectivity index (χ0n) is 33.6. The van der Waals surface area contributed by atoms with Gasteiger partial charge in [0.1, 0.15) is 6.10 Å². The third kappa shape index (κ3) is 5.70. The van der Waals surface area contributed by atoms with Gasteiger partial charge in [-0.2, -0.15) is 0 Å². The van der Waals surface area contributed by atoms with Crippen LogP contribution >= 0.6 is 0 Å². The van der Waals surface area contributed by atoms with Crippen LogP contribution in [-0.2, 0) is 24.7 Å². The van der Waals surface area contributed by atoms with E-state index in [-0.39, 0.29) is 57.8 Å². The lowest BCUT2D eigenvalue weighted by molar-refractivity contribution is -0.232. The van der Waals surface area contributed by atoms with Crippen molar-refractivity contribution < 1.29 is 29.0 Å². The highest BCUT2D eigenvalue weighted by Gasteiger charge is 2.70. The van der Waals surface area contributed by atoms with Crippen LogP contribution < -0.4 is 10.6 Å². The van der Waals surface area contributed by atoms with Crippen LogP contribution in [0.3, 0.4) is 0 Å². The zero-order valence-corrected chi connectivity index (χ0v) is 33.6. The number of hydrogen-bond acceptors (Lipinski definition) is 6. The molecular weight excluding hydrogens is 666 g/mol. The number of ether oxygens (including phenoxy) is 1.